The van der Waals surface area contributed by atoms with Gasteiger partial charge in [0.15, 0.2) is 0 Å². The van der Waals surface area contributed by atoms with Gasteiger partial charge in [0.05, 0.1) is 5.41 Å². The van der Waals surface area contributed by atoms with E-state index in [-0.39, 0.29) is 15.6 Å². The summed E-state index contributed by atoms with van der Waals surface area (Å²) in [4.78, 5) is 13.1. The van der Waals surface area contributed by atoms with E-state index in [1.807, 2.05) is 25.1 Å². The molecule has 1 aromatic rings. The van der Waals surface area contributed by atoms with E-state index in [1.165, 1.54) is 19.3 Å². The van der Waals surface area contributed by atoms with E-state index in [0.717, 1.165) is 30.5 Å². The molecular formula is C18H21BrClNO. The maximum atomic E-state index is 13.1. The summed E-state index contributed by atoms with van der Waals surface area (Å²) >= 11 is 10.2. The molecule has 5 rings (SSSR count). The molecule has 0 spiro atoms. The first kappa shape index (κ1) is 15.0. The molecule has 4 aliphatic rings. The van der Waals surface area contributed by atoms with Crippen LogP contribution in [0.3, 0.4) is 0 Å². The number of rotatable bonds is 2. The van der Waals surface area contributed by atoms with Crippen molar-refractivity contribution >= 4 is 39.1 Å². The first-order valence-corrected chi connectivity index (χ1v) is 9.32. The zero-order chi connectivity index (χ0) is 15.5. The van der Waals surface area contributed by atoms with Crippen LogP contribution < -0.4 is 5.32 Å². The Hall–Kier alpha value is -0.540. The molecule has 0 saturated heterocycles. The highest BCUT2D eigenvalue weighted by Gasteiger charge is 2.59. The van der Waals surface area contributed by atoms with E-state index in [2.05, 4.69) is 21.2 Å². The van der Waals surface area contributed by atoms with Gasteiger partial charge in [-0.2, -0.15) is 0 Å². The number of amides is 1. The Morgan fingerprint density at radius 3 is 2.59 bits per heavy atom. The molecule has 4 fully saturated rings. The van der Waals surface area contributed by atoms with Gasteiger partial charge >= 0.3 is 0 Å². The van der Waals surface area contributed by atoms with E-state index >= 15 is 0 Å². The molecule has 4 atom stereocenters. The minimum absolute atomic E-state index is 0.178. The van der Waals surface area contributed by atoms with Crippen LogP contribution in [-0.2, 0) is 4.79 Å². The van der Waals surface area contributed by atoms with Gasteiger partial charge in [-0.1, -0.05) is 33.6 Å². The molecule has 0 aromatic heterocycles. The van der Waals surface area contributed by atoms with Crippen molar-refractivity contribution in [3.05, 3.63) is 28.8 Å². The lowest BCUT2D eigenvalue weighted by atomic mass is 9.49. The van der Waals surface area contributed by atoms with Crippen LogP contribution in [-0.4, -0.2) is 10.2 Å². The maximum Gasteiger partial charge on any atom is 0.230 e. The summed E-state index contributed by atoms with van der Waals surface area (Å²) in [6.45, 7) is 1.96. The SMILES string of the molecule is Cc1c(Cl)cccc1NC(=O)C12C[C@@H]3C[C@@H](CC(Br)(C3)C1)C2. The first-order chi connectivity index (χ1) is 10.4. The number of halogens is 2. The van der Waals surface area contributed by atoms with E-state index in [1.54, 1.807) is 0 Å². The number of benzene rings is 1. The van der Waals surface area contributed by atoms with Crippen LogP contribution in [0.15, 0.2) is 18.2 Å². The van der Waals surface area contributed by atoms with Gasteiger partial charge in [0, 0.05) is 15.0 Å². The van der Waals surface area contributed by atoms with Crippen LogP contribution in [0.5, 0.6) is 0 Å². The quantitative estimate of drug-likeness (QED) is 0.689. The van der Waals surface area contributed by atoms with Crippen molar-refractivity contribution in [1.82, 2.24) is 0 Å². The topological polar surface area (TPSA) is 29.1 Å². The fourth-order valence-corrected chi connectivity index (χ4v) is 7.04. The van der Waals surface area contributed by atoms with Crippen LogP contribution in [0, 0.1) is 24.2 Å². The monoisotopic (exact) mass is 381 g/mol. The second-order valence-electron chi connectivity index (χ2n) is 7.76. The Morgan fingerprint density at radius 1 is 1.27 bits per heavy atom. The molecule has 4 heteroatoms. The van der Waals surface area contributed by atoms with Crippen molar-refractivity contribution in [3.63, 3.8) is 0 Å². The molecule has 1 N–H and O–H groups in total. The Balaban J connectivity index is 1.61. The van der Waals surface area contributed by atoms with Crippen LogP contribution in [0.25, 0.3) is 0 Å². The zero-order valence-corrected chi connectivity index (χ0v) is 15.1. The molecule has 22 heavy (non-hydrogen) atoms. The lowest BCUT2D eigenvalue weighted by Crippen LogP contribution is -2.57. The van der Waals surface area contributed by atoms with Crippen molar-refractivity contribution < 1.29 is 4.79 Å². The van der Waals surface area contributed by atoms with Crippen molar-refractivity contribution in [2.24, 2.45) is 17.3 Å². The van der Waals surface area contributed by atoms with E-state index < -0.39 is 0 Å². The molecule has 4 saturated carbocycles. The Labute approximate surface area is 145 Å². The Morgan fingerprint density at radius 2 is 1.95 bits per heavy atom. The highest BCUT2D eigenvalue weighted by atomic mass is 79.9. The van der Waals surface area contributed by atoms with Crippen LogP contribution in [0.2, 0.25) is 5.02 Å². The fourth-order valence-electron chi connectivity index (χ4n) is 5.41. The molecule has 4 bridgehead atoms. The van der Waals surface area contributed by atoms with Gasteiger partial charge in [-0.25, -0.2) is 0 Å². The van der Waals surface area contributed by atoms with Crippen molar-refractivity contribution in [2.45, 2.75) is 49.8 Å². The van der Waals surface area contributed by atoms with Crippen LogP contribution in [0.1, 0.15) is 44.1 Å². The van der Waals surface area contributed by atoms with Gasteiger partial charge in [0.1, 0.15) is 0 Å². The molecule has 0 aliphatic heterocycles. The highest BCUT2D eigenvalue weighted by molar-refractivity contribution is 9.10. The average Bonchev–Trinajstić information content (AvgIpc) is 2.41. The van der Waals surface area contributed by atoms with Crippen molar-refractivity contribution in [2.75, 3.05) is 5.32 Å². The molecular weight excluding hydrogens is 362 g/mol. The second kappa shape index (κ2) is 4.98. The van der Waals surface area contributed by atoms with Gasteiger partial charge in [-0.3, -0.25) is 4.79 Å². The summed E-state index contributed by atoms with van der Waals surface area (Å²) in [5.74, 6) is 1.63. The van der Waals surface area contributed by atoms with Crippen molar-refractivity contribution in [1.29, 1.82) is 0 Å². The van der Waals surface area contributed by atoms with Crippen LogP contribution in [0.4, 0.5) is 5.69 Å². The molecule has 2 unspecified atom stereocenters. The summed E-state index contributed by atoms with van der Waals surface area (Å²) in [6, 6.07) is 5.71. The first-order valence-electron chi connectivity index (χ1n) is 8.15. The van der Waals surface area contributed by atoms with Gasteiger partial charge in [-0.15, -0.1) is 0 Å². The molecule has 118 valence electrons. The summed E-state index contributed by atoms with van der Waals surface area (Å²) in [7, 11) is 0. The van der Waals surface area contributed by atoms with Crippen molar-refractivity contribution in [3.8, 4) is 0 Å². The highest BCUT2D eigenvalue weighted by Crippen LogP contribution is 2.64. The van der Waals surface area contributed by atoms with E-state index in [0.29, 0.717) is 16.9 Å². The lowest BCUT2D eigenvalue weighted by molar-refractivity contribution is -0.138. The summed E-state index contributed by atoms with van der Waals surface area (Å²) in [6.07, 6.45) is 6.91. The van der Waals surface area contributed by atoms with Crippen LogP contribution >= 0.6 is 27.5 Å². The predicted octanol–water partition coefficient (Wildman–Crippen LogP) is 5.32. The number of nitrogens with one attached hydrogen (secondary N) is 1. The third kappa shape index (κ3) is 2.32. The summed E-state index contributed by atoms with van der Waals surface area (Å²) < 4.78 is 0.206. The smallest absolute Gasteiger partial charge is 0.230 e. The number of alkyl halides is 1. The minimum atomic E-state index is -0.178. The number of hydrogen-bond acceptors (Lipinski definition) is 1. The molecule has 4 aliphatic carbocycles. The van der Waals surface area contributed by atoms with E-state index in [4.69, 9.17) is 11.6 Å². The molecule has 1 amide bonds. The number of carbonyl (C=O) groups excluding carboxylic acids is 1. The second-order valence-corrected chi connectivity index (χ2v) is 9.85. The predicted molar refractivity (Wildman–Crippen MR) is 93.6 cm³/mol. The van der Waals surface area contributed by atoms with Gasteiger partial charge in [0.25, 0.3) is 0 Å². The normalized spacial score (nSPS) is 39.0. The standard InChI is InChI=1S/C18H21BrClNO/c1-11-14(20)3-2-4-15(11)21-16(22)17-6-12-5-13(7-17)9-18(19,8-12)10-17/h2-4,12-13H,5-10H2,1H3,(H,21,22)/t12-,13+,17?,18?. The van der Waals surface area contributed by atoms with Gasteiger partial charge < -0.3 is 5.32 Å². The van der Waals surface area contributed by atoms with Gasteiger partial charge in [0.2, 0.25) is 5.91 Å². The Kier molecular flexibility index (Phi) is 3.40. The maximum absolute atomic E-state index is 13.1. The zero-order valence-electron chi connectivity index (χ0n) is 12.8. The lowest BCUT2D eigenvalue weighted by Gasteiger charge is -2.59. The molecule has 0 radical (unpaired) electrons. The van der Waals surface area contributed by atoms with Gasteiger partial charge in [-0.05, 0) is 75.0 Å². The number of anilines is 1. The van der Waals surface area contributed by atoms with E-state index in [9.17, 15) is 4.79 Å². The number of carbonyl (C=O) groups is 1. The molecule has 0 heterocycles. The molecule has 1 aromatic carbocycles. The molecule has 2 nitrogen and oxygen atoms in total. The summed E-state index contributed by atoms with van der Waals surface area (Å²) in [5, 5.41) is 3.89. The Bertz CT molecular complexity index is 630. The fraction of sp³-hybridized carbons (Fsp3) is 0.611. The average molecular weight is 383 g/mol. The third-order valence-electron chi connectivity index (χ3n) is 5.99. The third-order valence-corrected chi connectivity index (χ3v) is 7.32. The largest absolute Gasteiger partial charge is 0.325 e. The summed E-state index contributed by atoms with van der Waals surface area (Å²) in [5.41, 5.74) is 1.63. The number of hydrogen-bond donors (Lipinski definition) is 1. The minimum Gasteiger partial charge on any atom is -0.325 e.